The molecule has 0 fully saturated rings. The standard InChI is InChI=1S/C20H21N5O2.ClH/c1-25(20(21)22)19(27)17-11-14-8-9-15(12-16(14)24-17)23-18(26)10-7-13-5-3-2-4-6-13;/h2-6,8-9,11-12,24H,7,10H2,1H3,(H3,21,22)(H,23,26);1H. The number of amides is 2. The van der Waals surface area contributed by atoms with E-state index in [1.165, 1.54) is 7.05 Å². The third kappa shape index (κ3) is 4.89. The first-order valence-corrected chi connectivity index (χ1v) is 8.52. The number of rotatable bonds is 5. The minimum atomic E-state index is -0.396. The maximum absolute atomic E-state index is 12.2. The van der Waals surface area contributed by atoms with Crippen molar-refractivity contribution in [2.45, 2.75) is 12.8 Å². The Balaban J connectivity index is 0.00000280. The number of nitrogens with zero attached hydrogens (tertiary/aromatic N) is 1. The van der Waals surface area contributed by atoms with Crippen molar-refractivity contribution >= 4 is 46.8 Å². The fraction of sp³-hybridized carbons (Fsp3) is 0.150. The van der Waals surface area contributed by atoms with E-state index in [2.05, 4.69) is 10.3 Å². The highest BCUT2D eigenvalue weighted by Crippen LogP contribution is 2.21. The van der Waals surface area contributed by atoms with E-state index in [0.717, 1.165) is 21.4 Å². The summed E-state index contributed by atoms with van der Waals surface area (Å²) in [5, 5.41) is 11.1. The van der Waals surface area contributed by atoms with Crippen LogP contribution in [0, 0.1) is 5.41 Å². The Hall–Kier alpha value is -3.32. The monoisotopic (exact) mass is 399 g/mol. The molecule has 7 nitrogen and oxygen atoms in total. The van der Waals surface area contributed by atoms with Crippen LogP contribution in [0.3, 0.4) is 0 Å². The highest BCUT2D eigenvalue weighted by atomic mass is 35.5. The molecule has 0 aliphatic carbocycles. The number of carbonyl (C=O) groups is 2. The Bertz CT molecular complexity index is 1000. The van der Waals surface area contributed by atoms with Gasteiger partial charge in [-0.15, -0.1) is 12.4 Å². The van der Waals surface area contributed by atoms with Gasteiger partial charge in [-0.2, -0.15) is 0 Å². The Kier molecular flexibility index (Phi) is 6.79. The van der Waals surface area contributed by atoms with Crippen LogP contribution in [0.5, 0.6) is 0 Å². The summed E-state index contributed by atoms with van der Waals surface area (Å²) in [6.45, 7) is 0. The van der Waals surface area contributed by atoms with Crippen molar-refractivity contribution in [2.75, 3.05) is 12.4 Å². The molecular weight excluding hydrogens is 378 g/mol. The smallest absolute Gasteiger partial charge is 0.276 e. The van der Waals surface area contributed by atoms with Crippen molar-refractivity contribution in [2.24, 2.45) is 5.73 Å². The number of anilines is 1. The summed E-state index contributed by atoms with van der Waals surface area (Å²) >= 11 is 0. The van der Waals surface area contributed by atoms with Gasteiger partial charge in [-0.3, -0.25) is 19.9 Å². The summed E-state index contributed by atoms with van der Waals surface area (Å²) < 4.78 is 0. The van der Waals surface area contributed by atoms with E-state index in [9.17, 15) is 9.59 Å². The molecule has 5 N–H and O–H groups in total. The average molecular weight is 400 g/mol. The van der Waals surface area contributed by atoms with Crippen LogP contribution < -0.4 is 11.1 Å². The number of guanidine groups is 1. The van der Waals surface area contributed by atoms with Crippen molar-refractivity contribution in [1.82, 2.24) is 9.88 Å². The number of nitrogens with one attached hydrogen (secondary N) is 3. The van der Waals surface area contributed by atoms with Crippen molar-refractivity contribution in [3.05, 3.63) is 65.9 Å². The molecule has 0 aliphatic heterocycles. The number of aromatic amines is 1. The van der Waals surface area contributed by atoms with Gasteiger partial charge in [0.25, 0.3) is 5.91 Å². The normalized spacial score (nSPS) is 10.2. The molecule has 8 heteroatoms. The minimum absolute atomic E-state index is 0. The van der Waals surface area contributed by atoms with Gasteiger partial charge in [0.2, 0.25) is 5.91 Å². The summed E-state index contributed by atoms with van der Waals surface area (Å²) in [5.74, 6) is -0.797. The Morgan fingerprint density at radius 2 is 1.86 bits per heavy atom. The third-order valence-electron chi connectivity index (χ3n) is 4.29. The van der Waals surface area contributed by atoms with Crippen LogP contribution in [0.1, 0.15) is 22.5 Å². The maximum atomic E-state index is 12.2. The lowest BCUT2D eigenvalue weighted by Gasteiger charge is -2.12. The van der Waals surface area contributed by atoms with E-state index < -0.39 is 5.91 Å². The summed E-state index contributed by atoms with van der Waals surface area (Å²) in [6, 6.07) is 16.9. The van der Waals surface area contributed by atoms with Gasteiger partial charge in [0.15, 0.2) is 5.96 Å². The Labute approximate surface area is 168 Å². The zero-order valence-electron chi connectivity index (χ0n) is 15.4. The molecule has 146 valence electrons. The number of hydrogen-bond acceptors (Lipinski definition) is 3. The molecule has 0 spiro atoms. The molecule has 3 rings (SSSR count). The van der Waals surface area contributed by atoms with Crippen molar-refractivity contribution in [3.8, 4) is 0 Å². The quantitative estimate of drug-likeness (QED) is 0.390. The van der Waals surface area contributed by atoms with Gasteiger partial charge < -0.3 is 16.0 Å². The second kappa shape index (κ2) is 9.05. The number of carbonyl (C=O) groups excluding carboxylic acids is 2. The van der Waals surface area contributed by atoms with Crippen molar-refractivity contribution < 1.29 is 9.59 Å². The fourth-order valence-electron chi connectivity index (χ4n) is 2.74. The first kappa shape index (κ1) is 21.0. The Morgan fingerprint density at radius 1 is 1.14 bits per heavy atom. The lowest BCUT2D eigenvalue weighted by atomic mass is 10.1. The maximum Gasteiger partial charge on any atom is 0.276 e. The lowest BCUT2D eigenvalue weighted by molar-refractivity contribution is -0.116. The van der Waals surface area contributed by atoms with Gasteiger partial charge in [-0.05, 0) is 30.2 Å². The number of fused-ring (bicyclic) bond motifs is 1. The molecule has 2 aromatic carbocycles. The molecular formula is C20H22ClN5O2. The van der Waals surface area contributed by atoms with E-state index in [1.54, 1.807) is 18.2 Å². The number of aryl methyl sites for hydroxylation is 1. The van der Waals surface area contributed by atoms with E-state index in [-0.39, 0.29) is 24.3 Å². The zero-order chi connectivity index (χ0) is 19.4. The second-order valence-corrected chi connectivity index (χ2v) is 6.27. The van der Waals surface area contributed by atoms with Crippen LogP contribution in [0.15, 0.2) is 54.6 Å². The molecule has 28 heavy (non-hydrogen) atoms. The largest absolute Gasteiger partial charge is 0.370 e. The number of benzene rings is 2. The first-order chi connectivity index (χ1) is 12.9. The number of halogens is 1. The summed E-state index contributed by atoms with van der Waals surface area (Å²) in [6.07, 6.45) is 1.06. The highest BCUT2D eigenvalue weighted by molar-refractivity contribution is 6.06. The average Bonchev–Trinajstić information content (AvgIpc) is 3.09. The van der Waals surface area contributed by atoms with Gasteiger partial charge in [0.1, 0.15) is 5.69 Å². The van der Waals surface area contributed by atoms with Crippen molar-refractivity contribution in [3.63, 3.8) is 0 Å². The topological polar surface area (TPSA) is 115 Å². The van der Waals surface area contributed by atoms with E-state index >= 15 is 0 Å². The van der Waals surface area contributed by atoms with Gasteiger partial charge in [-0.25, -0.2) is 0 Å². The van der Waals surface area contributed by atoms with Crippen LogP contribution >= 0.6 is 12.4 Å². The molecule has 2 amide bonds. The molecule has 0 aliphatic rings. The summed E-state index contributed by atoms with van der Waals surface area (Å²) in [5.41, 5.74) is 8.16. The van der Waals surface area contributed by atoms with Gasteiger partial charge in [0, 0.05) is 30.1 Å². The second-order valence-electron chi connectivity index (χ2n) is 6.27. The molecule has 0 saturated carbocycles. The molecule has 1 aromatic heterocycles. The van der Waals surface area contributed by atoms with Crippen molar-refractivity contribution in [1.29, 1.82) is 5.41 Å². The molecule has 0 atom stereocenters. The summed E-state index contributed by atoms with van der Waals surface area (Å²) in [7, 11) is 1.44. The molecule has 0 bridgehead atoms. The Morgan fingerprint density at radius 3 is 2.54 bits per heavy atom. The molecule has 3 aromatic rings. The first-order valence-electron chi connectivity index (χ1n) is 8.52. The van der Waals surface area contributed by atoms with E-state index in [4.69, 9.17) is 11.1 Å². The fourth-order valence-corrected chi connectivity index (χ4v) is 2.74. The van der Waals surface area contributed by atoms with Crippen LogP contribution in [-0.4, -0.2) is 34.7 Å². The third-order valence-corrected chi connectivity index (χ3v) is 4.29. The van der Waals surface area contributed by atoms with Crippen LogP contribution in [-0.2, 0) is 11.2 Å². The predicted octanol–water partition coefficient (Wildman–Crippen LogP) is 3.13. The number of nitrogens with two attached hydrogens (primary N) is 1. The SMILES string of the molecule is CN(C(=N)N)C(=O)c1cc2ccc(NC(=O)CCc3ccccc3)cc2[nH]1.Cl. The number of aromatic nitrogens is 1. The predicted molar refractivity (Wildman–Crippen MR) is 113 cm³/mol. The zero-order valence-corrected chi connectivity index (χ0v) is 16.2. The molecule has 0 saturated heterocycles. The van der Waals surface area contributed by atoms with Crippen LogP contribution in [0.25, 0.3) is 10.9 Å². The number of hydrogen-bond donors (Lipinski definition) is 4. The van der Waals surface area contributed by atoms with Gasteiger partial charge >= 0.3 is 0 Å². The summed E-state index contributed by atoms with van der Waals surface area (Å²) in [4.78, 5) is 28.5. The molecule has 1 heterocycles. The highest BCUT2D eigenvalue weighted by Gasteiger charge is 2.16. The molecule has 0 radical (unpaired) electrons. The minimum Gasteiger partial charge on any atom is -0.370 e. The van der Waals surface area contributed by atoms with E-state index in [1.807, 2.05) is 36.4 Å². The lowest BCUT2D eigenvalue weighted by Crippen LogP contribution is -2.38. The van der Waals surface area contributed by atoms with Crippen LogP contribution in [0.2, 0.25) is 0 Å². The van der Waals surface area contributed by atoms with Gasteiger partial charge in [0.05, 0.1) is 0 Å². The van der Waals surface area contributed by atoms with Gasteiger partial charge in [-0.1, -0.05) is 36.4 Å². The van der Waals surface area contributed by atoms with E-state index in [0.29, 0.717) is 24.2 Å². The molecule has 0 unspecified atom stereocenters. The number of H-pyrrole nitrogens is 1. The van der Waals surface area contributed by atoms with Crippen LogP contribution in [0.4, 0.5) is 5.69 Å².